The molecule has 1 aromatic heterocycles. The van der Waals surface area contributed by atoms with Crippen molar-refractivity contribution >= 4 is 23.2 Å². The van der Waals surface area contributed by atoms with E-state index >= 15 is 0 Å². The van der Waals surface area contributed by atoms with Gasteiger partial charge in [-0.3, -0.25) is 4.79 Å². The van der Waals surface area contributed by atoms with E-state index in [-0.39, 0.29) is 24.3 Å². The van der Waals surface area contributed by atoms with E-state index < -0.39 is 0 Å². The Morgan fingerprint density at radius 2 is 2.37 bits per heavy atom. The van der Waals surface area contributed by atoms with Gasteiger partial charge in [-0.15, -0.1) is 0 Å². The van der Waals surface area contributed by atoms with Crippen molar-refractivity contribution in [3.8, 4) is 6.01 Å². The van der Waals surface area contributed by atoms with E-state index in [1.807, 2.05) is 0 Å². The first kappa shape index (κ1) is 12.0. The van der Waals surface area contributed by atoms with E-state index in [9.17, 15) is 4.79 Å². The Hall–Kier alpha value is -2.09. The molecule has 0 spiro atoms. The molecule has 0 bridgehead atoms. The summed E-state index contributed by atoms with van der Waals surface area (Å²) in [5, 5.41) is 5.50. The first-order valence-corrected chi connectivity index (χ1v) is 6.14. The van der Waals surface area contributed by atoms with E-state index in [1.54, 1.807) is 0 Å². The summed E-state index contributed by atoms with van der Waals surface area (Å²) in [5.74, 6) is 0.890. The number of ether oxygens (including phenoxy) is 2. The average molecular weight is 265 g/mol. The molecule has 3 rings (SSSR count). The monoisotopic (exact) mass is 265 g/mol. The first-order valence-electron chi connectivity index (χ1n) is 6.14. The van der Waals surface area contributed by atoms with Gasteiger partial charge in [0.05, 0.1) is 19.8 Å². The number of amides is 1. The Morgan fingerprint density at radius 1 is 1.47 bits per heavy atom. The molecule has 4 N–H and O–H groups in total. The Morgan fingerprint density at radius 3 is 3.16 bits per heavy atom. The number of nitrogens with two attached hydrogens (primary N) is 1. The molecule has 0 radical (unpaired) electrons. The first-order chi connectivity index (χ1) is 9.22. The summed E-state index contributed by atoms with van der Waals surface area (Å²) in [7, 11) is 0. The smallest absolute Gasteiger partial charge is 0.320 e. The Balaban J connectivity index is 1.72. The zero-order valence-electron chi connectivity index (χ0n) is 10.3. The molecule has 1 saturated heterocycles. The minimum atomic E-state index is -0.167. The molecule has 0 saturated carbocycles. The lowest BCUT2D eigenvalue weighted by Crippen LogP contribution is -2.29. The lowest BCUT2D eigenvalue weighted by Gasteiger charge is -2.19. The van der Waals surface area contributed by atoms with Gasteiger partial charge in [-0.05, 0) is 6.42 Å². The fraction of sp³-hybridized carbons (Fsp3) is 0.545. The predicted octanol–water partition coefficient (Wildman–Crippen LogP) is -0.162. The standard InChI is InChI=1S/C11H15N5O3/c12-9-8-10(13-3-7(17)14-8)16-11(15-9)19-5-6-1-2-18-4-6/h6H,1-5H2,(H,14,17)(H3,12,13,15,16). The van der Waals surface area contributed by atoms with Crippen LogP contribution in [0.2, 0.25) is 0 Å². The molecular formula is C11H15N5O3. The molecule has 1 amide bonds. The van der Waals surface area contributed by atoms with E-state index in [0.717, 1.165) is 13.0 Å². The normalized spacial score (nSPS) is 21.5. The van der Waals surface area contributed by atoms with E-state index in [1.165, 1.54) is 0 Å². The lowest BCUT2D eigenvalue weighted by molar-refractivity contribution is -0.114. The quantitative estimate of drug-likeness (QED) is 0.696. The highest BCUT2D eigenvalue weighted by atomic mass is 16.5. The summed E-state index contributed by atoms with van der Waals surface area (Å²) in [5.41, 5.74) is 6.19. The second-order valence-electron chi connectivity index (χ2n) is 4.56. The number of carbonyl (C=O) groups excluding carboxylic acids is 1. The minimum absolute atomic E-state index is 0.166. The highest BCUT2D eigenvalue weighted by Gasteiger charge is 2.22. The largest absolute Gasteiger partial charge is 0.463 e. The fourth-order valence-electron chi connectivity index (χ4n) is 2.03. The highest BCUT2D eigenvalue weighted by molar-refractivity contribution is 6.02. The Bertz CT molecular complexity index is 501. The number of hydrogen-bond acceptors (Lipinski definition) is 7. The van der Waals surface area contributed by atoms with Crippen LogP contribution < -0.4 is 21.1 Å². The Kier molecular flexibility index (Phi) is 3.08. The van der Waals surface area contributed by atoms with Crippen molar-refractivity contribution in [3.05, 3.63) is 0 Å². The van der Waals surface area contributed by atoms with Gasteiger partial charge < -0.3 is 25.8 Å². The number of aromatic nitrogens is 2. The van der Waals surface area contributed by atoms with Crippen molar-refractivity contribution in [2.45, 2.75) is 6.42 Å². The van der Waals surface area contributed by atoms with Gasteiger partial charge in [-0.25, -0.2) is 0 Å². The van der Waals surface area contributed by atoms with Crippen molar-refractivity contribution in [2.75, 3.05) is 42.7 Å². The topological polar surface area (TPSA) is 111 Å². The van der Waals surface area contributed by atoms with Crippen LogP contribution in [0, 0.1) is 5.92 Å². The van der Waals surface area contributed by atoms with Crippen LogP contribution in [-0.4, -0.2) is 42.2 Å². The van der Waals surface area contributed by atoms with Crippen LogP contribution in [0.3, 0.4) is 0 Å². The fourth-order valence-corrected chi connectivity index (χ4v) is 2.03. The van der Waals surface area contributed by atoms with Crippen molar-refractivity contribution in [1.29, 1.82) is 0 Å². The van der Waals surface area contributed by atoms with Gasteiger partial charge in [0.15, 0.2) is 11.6 Å². The van der Waals surface area contributed by atoms with Gasteiger partial charge in [0.25, 0.3) is 0 Å². The SMILES string of the molecule is Nc1nc(OCC2CCOC2)nc2c1NC(=O)CN2. The molecule has 3 heterocycles. The second kappa shape index (κ2) is 4.88. The zero-order valence-corrected chi connectivity index (χ0v) is 10.3. The van der Waals surface area contributed by atoms with Crippen LogP contribution in [0.15, 0.2) is 0 Å². The number of nitrogen functional groups attached to an aromatic ring is 1. The van der Waals surface area contributed by atoms with E-state index in [4.69, 9.17) is 15.2 Å². The molecular weight excluding hydrogens is 250 g/mol. The molecule has 0 aromatic carbocycles. The van der Waals surface area contributed by atoms with Crippen LogP contribution in [0.1, 0.15) is 6.42 Å². The third kappa shape index (κ3) is 2.53. The average Bonchev–Trinajstić information content (AvgIpc) is 2.90. The summed E-state index contributed by atoms with van der Waals surface area (Å²) >= 11 is 0. The molecule has 0 aliphatic carbocycles. The molecule has 8 heteroatoms. The summed E-state index contributed by atoms with van der Waals surface area (Å²) in [4.78, 5) is 19.5. The minimum Gasteiger partial charge on any atom is -0.463 e. The molecule has 2 aliphatic rings. The summed E-state index contributed by atoms with van der Waals surface area (Å²) in [6.07, 6.45) is 0.981. The van der Waals surface area contributed by atoms with Gasteiger partial charge in [-0.1, -0.05) is 0 Å². The van der Waals surface area contributed by atoms with Crippen molar-refractivity contribution in [1.82, 2.24) is 9.97 Å². The van der Waals surface area contributed by atoms with Crippen LogP contribution in [0.4, 0.5) is 17.3 Å². The van der Waals surface area contributed by atoms with Gasteiger partial charge in [0, 0.05) is 12.5 Å². The van der Waals surface area contributed by atoms with Crippen LogP contribution >= 0.6 is 0 Å². The molecule has 1 fully saturated rings. The molecule has 102 valence electrons. The summed E-state index contributed by atoms with van der Waals surface area (Å²) in [6, 6.07) is 0.215. The van der Waals surface area contributed by atoms with E-state index in [0.29, 0.717) is 30.6 Å². The molecule has 2 aliphatic heterocycles. The van der Waals surface area contributed by atoms with Gasteiger partial charge >= 0.3 is 6.01 Å². The van der Waals surface area contributed by atoms with Crippen molar-refractivity contribution in [2.24, 2.45) is 5.92 Å². The predicted molar refractivity (Wildman–Crippen MR) is 68.0 cm³/mol. The number of rotatable bonds is 3. The van der Waals surface area contributed by atoms with Crippen LogP contribution in [0.25, 0.3) is 0 Å². The maximum Gasteiger partial charge on any atom is 0.320 e. The van der Waals surface area contributed by atoms with Crippen LogP contribution in [-0.2, 0) is 9.53 Å². The van der Waals surface area contributed by atoms with Crippen molar-refractivity contribution < 1.29 is 14.3 Å². The Labute approximate surface area is 109 Å². The molecule has 1 unspecified atom stereocenters. The molecule has 8 nitrogen and oxygen atoms in total. The number of nitrogens with one attached hydrogen (secondary N) is 2. The number of hydrogen-bond donors (Lipinski definition) is 3. The van der Waals surface area contributed by atoms with Gasteiger partial charge in [0.1, 0.15) is 5.69 Å². The van der Waals surface area contributed by atoms with Gasteiger partial charge in [0.2, 0.25) is 5.91 Å². The number of carbonyl (C=O) groups is 1. The van der Waals surface area contributed by atoms with Crippen LogP contribution in [0.5, 0.6) is 6.01 Å². The highest BCUT2D eigenvalue weighted by Crippen LogP contribution is 2.29. The van der Waals surface area contributed by atoms with Gasteiger partial charge in [-0.2, -0.15) is 9.97 Å². The maximum absolute atomic E-state index is 11.2. The molecule has 1 atom stereocenters. The third-order valence-corrected chi connectivity index (χ3v) is 3.07. The van der Waals surface area contributed by atoms with Crippen molar-refractivity contribution in [3.63, 3.8) is 0 Å². The maximum atomic E-state index is 11.2. The summed E-state index contributed by atoms with van der Waals surface area (Å²) in [6.45, 7) is 2.15. The molecule has 19 heavy (non-hydrogen) atoms. The lowest BCUT2D eigenvalue weighted by atomic mass is 10.1. The number of nitrogens with zero attached hydrogens (tertiary/aromatic N) is 2. The zero-order chi connectivity index (χ0) is 13.2. The third-order valence-electron chi connectivity index (χ3n) is 3.07. The second-order valence-corrected chi connectivity index (χ2v) is 4.56. The molecule has 1 aromatic rings. The summed E-state index contributed by atoms with van der Waals surface area (Å²) < 4.78 is 10.8. The van der Waals surface area contributed by atoms with E-state index in [2.05, 4.69) is 20.6 Å². The number of anilines is 3. The number of fused-ring (bicyclic) bond motifs is 1.